The van der Waals surface area contributed by atoms with E-state index in [1.165, 1.54) is 0 Å². The van der Waals surface area contributed by atoms with Crippen molar-refractivity contribution in [3.05, 3.63) is 23.9 Å². The minimum absolute atomic E-state index is 0.187. The summed E-state index contributed by atoms with van der Waals surface area (Å²) in [6.45, 7) is 1.97. The van der Waals surface area contributed by atoms with Crippen molar-refractivity contribution in [1.29, 1.82) is 5.26 Å². The summed E-state index contributed by atoms with van der Waals surface area (Å²) in [5.74, 6) is 0. The molecule has 1 heterocycles. The zero-order valence-electron chi connectivity index (χ0n) is 5.56. The monoisotopic (exact) mass is 198 g/mol. The summed E-state index contributed by atoms with van der Waals surface area (Å²) < 4.78 is -0.187. The molecule has 1 unspecified atom stereocenters. The fourth-order valence-corrected chi connectivity index (χ4v) is 0.878. The Balaban J connectivity index is 2.75. The third-order valence-corrected chi connectivity index (χ3v) is 1.71. The van der Waals surface area contributed by atoms with E-state index in [1.54, 1.807) is 12.3 Å². The molecule has 0 aromatic heterocycles. The van der Waals surface area contributed by atoms with Crippen molar-refractivity contribution in [2.75, 3.05) is 0 Å². The molecule has 1 rings (SSSR count). The Labute approximate surface area is 68.4 Å². The van der Waals surface area contributed by atoms with Gasteiger partial charge in [-0.2, -0.15) is 5.26 Å². The van der Waals surface area contributed by atoms with Gasteiger partial charge in [-0.1, -0.05) is 15.9 Å². The molecule has 1 aliphatic heterocycles. The molecule has 0 aromatic carbocycles. The lowest BCUT2D eigenvalue weighted by molar-refractivity contribution is 0.711. The molecule has 0 bridgehead atoms. The lowest BCUT2D eigenvalue weighted by Crippen LogP contribution is -2.31. The van der Waals surface area contributed by atoms with Gasteiger partial charge in [0.05, 0.1) is 5.57 Å². The Morgan fingerprint density at radius 2 is 2.50 bits per heavy atom. The van der Waals surface area contributed by atoms with E-state index in [1.807, 2.05) is 19.1 Å². The fourth-order valence-electron chi connectivity index (χ4n) is 0.631. The zero-order valence-corrected chi connectivity index (χ0v) is 7.14. The molecule has 10 heavy (non-hydrogen) atoms. The van der Waals surface area contributed by atoms with Gasteiger partial charge < -0.3 is 5.32 Å². The topological polar surface area (TPSA) is 35.8 Å². The number of alkyl halides is 1. The van der Waals surface area contributed by atoms with E-state index in [2.05, 4.69) is 21.2 Å². The smallest absolute Gasteiger partial charge is 0.109 e. The molecule has 1 atom stereocenters. The Hall–Kier alpha value is -0.750. The molecule has 1 aliphatic rings. The number of nitriles is 1. The van der Waals surface area contributed by atoms with Gasteiger partial charge in [0.1, 0.15) is 10.5 Å². The van der Waals surface area contributed by atoms with Gasteiger partial charge in [0, 0.05) is 6.20 Å². The van der Waals surface area contributed by atoms with Crippen molar-refractivity contribution in [3.63, 3.8) is 0 Å². The highest BCUT2D eigenvalue weighted by Gasteiger charge is 2.16. The van der Waals surface area contributed by atoms with Crippen LogP contribution in [-0.4, -0.2) is 4.45 Å². The molecule has 0 saturated heterocycles. The van der Waals surface area contributed by atoms with Crippen LogP contribution in [-0.2, 0) is 0 Å². The summed E-state index contributed by atoms with van der Waals surface area (Å²) in [6.07, 6.45) is 5.37. The first-order valence-corrected chi connectivity index (χ1v) is 3.69. The largest absolute Gasteiger partial charge is 0.372 e. The van der Waals surface area contributed by atoms with Crippen LogP contribution in [0, 0.1) is 11.3 Å². The highest BCUT2D eigenvalue weighted by atomic mass is 79.9. The zero-order chi connectivity index (χ0) is 7.61. The summed E-state index contributed by atoms with van der Waals surface area (Å²) in [4.78, 5) is 0. The number of halogens is 1. The van der Waals surface area contributed by atoms with Crippen LogP contribution >= 0.6 is 15.9 Å². The van der Waals surface area contributed by atoms with Crippen LogP contribution in [0.15, 0.2) is 23.9 Å². The second-order valence-electron chi connectivity index (χ2n) is 2.26. The van der Waals surface area contributed by atoms with Crippen molar-refractivity contribution < 1.29 is 0 Å². The van der Waals surface area contributed by atoms with Crippen LogP contribution in [0.25, 0.3) is 0 Å². The van der Waals surface area contributed by atoms with Crippen molar-refractivity contribution in [2.24, 2.45) is 0 Å². The third kappa shape index (κ3) is 1.61. The van der Waals surface area contributed by atoms with Crippen LogP contribution in [0.1, 0.15) is 6.92 Å². The van der Waals surface area contributed by atoms with Gasteiger partial charge >= 0.3 is 0 Å². The average Bonchev–Trinajstić information content (AvgIpc) is 1.88. The van der Waals surface area contributed by atoms with E-state index < -0.39 is 0 Å². The molecule has 52 valence electrons. The van der Waals surface area contributed by atoms with Gasteiger partial charge in [0.2, 0.25) is 0 Å². The van der Waals surface area contributed by atoms with Gasteiger partial charge in [-0.25, -0.2) is 0 Å². The van der Waals surface area contributed by atoms with Gasteiger partial charge in [-0.3, -0.25) is 0 Å². The molecule has 0 amide bonds. The number of nitrogens with one attached hydrogen (secondary N) is 1. The standard InChI is InChI=1S/C7H7BrN2/c1-7(8)3-2-6(4-9)5-10-7/h2-3,5,10H,1H3. The van der Waals surface area contributed by atoms with E-state index in [0.717, 1.165) is 0 Å². The predicted octanol–water partition coefficient (Wildman–Crippen LogP) is 1.66. The molecule has 0 aromatic rings. The van der Waals surface area contributed by atoms with Gasteiger partial charge in [0.15, 0.2) is 0 Å². The maximum Gasteiger partial charge on any atom is 0.109 e. The number of dihydropyridines is 1. The minimum atomic E-state index is -0.187. The summed E-state index contributed by atoms with van der Waals surface area (Å²) in [7, 11) is 0. The molecular formula is C7H7BrN2. The molecule has 0 fully saturated rings. The molecule has 1 N–H and O–H groups in total. The Bertz CT molecular complexity index is 232. The molecular weight excluding hydrogens is 192 g/mol. The third-order valence-electron chi connectivity index (χ3n) is 1.21. The van der Waals surface area contributed by atoms with Crippen molar-refractivity contribution >= 4 is 15.9 Å². The minimum Gasteiger partial charge on any atom is -0.372 e. The van der Waals surface area contributed by atoms with Crippen LogP contribution in [0.2, 0.25) is 0 Å². The quantitative estimate of drug-likeness (QED) is 0.475. The first-order chi connectivity index (χ1) is 4.64. The summed E-state index contributed by atoms with van der Waals surface area (Å²) in [5, 5.41) is 11.4. The predicted molar refractivity (Wildman–Crippen MR) is 43.3 cm³/mol. The van der Waals surface area contributed by atoms with Crippen molar-refractivity contribution in [1.82, 2.24) is 5.32 Å². The van der Waals surface area contributed by atoms with Gasteiger partial charge in [0.25, 0.3) is 0 Å². The molecule has 2 nitrogen and oxygen atoms in total. The fraction of sp³-hybridized carbons (Fsp3) is 0.286. The van der Waals surface area contributed by atoms with Crippen molar-refractivity contribution in [2.45, 2.75) is 11.4 Å². The van der Waals surface area contributed by atoms with Crippen molar-refractivity contribution in [3.8, 4) is 6.07 Å². The summed E-state index contributed by atoms with van der Waals surface area (Å²) in [6, 6.07) is 2.03. The maximum atomic E-state index is 8.44. The van der Waals surface area contributed by atoms with E-state index in [0.29, 0.717) is 5.57 Å². The van der Waals surface area contributed by atoms with E-state index >= 15 is 0 Å². The van der Waals surface area contributed by atoms with Crippen LogP contribution < -0.4 is 5.32 Å². The van der Waals surface area contributed by atoms with E-state index in [4.69, 9.17) is 5.26 Å². The Kier molecular flexibility index (Phi) is 1.82. The van der Waals surface area contributed by atoms with Gasteiger partial charge in [-0.15, -0.1) is 0 Å². The summed E-state index contributed by atoms with van der Waals surface area (Å²) >= 11 is 3.40. The molecule has 3 heteroatoms. The summed E-state index contributed by atoms with van der Waals surface area (Å²) in [5.41, 5.74) is 0.650. The van der Waals surface area contributed by atoms with Crippen LogP contribution in [0.3, 0.4) is 0 Å². The SMILES string of the molecule is CC1(Br)C=CC(C#N)=CN1. The second-order valence-corrected chi connectivity index (χ2v) is 3.91. The molecule has 0 saturated carbocycles. The number of hydrogen-bond acceptors (Lipinski definition) is 2. The number of nitrogens with zero attached hydrogens (tertiary/aromatic N) is 1. The first-order valence-electron chi connectivity index (χ1n) is 2.90. The Morgan fingerprint density at radius 3 is 2.90 bits per heavy atom. The highest BCUT2D eigenvalue weighted by molar-refractivity contribution is 9.10. The van der Waals surface area contributed by atoms with E-state index in [-0.39, 0.29) is 4.45 Å². The molecule has 0 radical (unpaired) electrons. The highest BCUT2D eigenvalue weighted by Crippen LogP contribution is 2.19. The van der Waals surface area contributed by atoms with E-state index in [9.17, 15) is 0 Å². The van der Waals surface area contributed by atoms with Crippen LogP contribution in [0.5, 0.6) is 0 Å². The number of rotatable bonds is 0. The second kappa shape index (κ2) is 2.47. The average molecular weight is 199 g/mol. The lowest BCUT2D eigenvalue weighted by Gasteiger charge is -2.21. The normalized spacial score (nSPS) is 30.3. The van der Waals surface area contributed by atoms with Gasteiger partial charge in [-0.05, 0) is 19.1 Å². The lowest BCUT2D eigenvalue weighted by atomic mass is 10.2. The van der Waals surface area contributed by atoms with Crippen LogP contribution in [0.4, 0.5) is 0 Å². The first kappa shape index (κ1) is 7.36. The molecule has 0 spiro atoms. The molecule has 0 aliphatic carbocycles. The number of allylic oxidation sites excluding steroid dienone is 2. The number of hydrogen-bond donors (Lipinski definition) is 1. The maximum absolute atomic E-state index is 8.44. The Morgan fingerprint density at radius 1 is 1.80 bits per heavy atom.